The van der Waals surface area contributed by atoms with E-state index in [0.29, 0.717) is 23.9 Å². The summed E-state index contributed by atoms with van der Waals surface area (Å²) in [4.78, 5) is 16.1. The predicted molar refractivity (Wildman–Crippen MR) is 76.1 cm³/mol. The molecule has 1 rings (SSSR count). The Kier molecular flexibility index (Phi) is 5.76. The first-order chi connectivity index (χ1) is 8.90. The number of nitrogens with two attached hydrogens (primary N) is 1. The number of nitrogens with one attached hydrogen (secondary N) is 1. The van der Waals surface area contributed by atoms with Gasteiger partial charge in [-0.2, -0.15) is 0 Å². The molecule has 0 unspecified atom stereocenters. The van der Waals surface area contributed by atoms with Crippen LogP contribution in [0.15, 0.2) is 18.3 Å². The van der Waals surface area contributed by atoms with E-state index in [0.717, 1.165) is 0 Å². The van der Waals surface area contributed by atoms with Gasteiger partial charge in [0.25, 0.3) is 0 Å². The Labute approximate surface area is 114 Å². The predicted octanol–water partition coefficient (Wildman–Crippen LogP) is 2.18. The molecule has 0 aliphatic rings. The van der Waals surface area contributed by atoms with Gasteiger partial charge < -0.3 is 15.8 Å². The summed E-state index contributed by atoms with van der Waals surface area (Å²) in [5, 5.41) is 2.77. The summed E-state index contributed by atoms with van der Waals surface area (Å²) in [6.07, 6.45) is 2.27. The summed E-state index contributed by atoms with van der Waals surface area (Å²) in [6, 6.07) is 2.98. The van der Waals surface area contributed by atoms with Gasteiger partial charge in [-0.15, -0.1) is 0 Å². The van der Waals surface area contributed by atoms with Gasteiger partial charge in [0, 0.05) is 6.20 Å². The molecule has 1 amide bonds. The number of rotatable bonds is 6. The molecule has 0 bridgehead atoms. The minimum Gasteiger partial charge on any atom is -0.473 e. The van der Waals surface area contributed by atoms with Crippen LogP contribution < -0.4 is 15.8 Å². The number of amides is 1. The number of hydrogen-bond acceptors (Lipinski definition) is 4. The van der Waals surface area contributed by atoms with E-state index in [4.69, 9.17) is 10.5 Å². The van der Waals surface area contributed by atoms with Crippen molar-refractivity contribution in [2.24, 2.45) is 11.7 Å². The molecule has 1 atom stereocenters. The zero-order valence-corrected chi connectivity index (χ0v) is 12.0. The highest BCUT2D eigenvalue weighted by Gasteiger charge is 2.17. The standard InChI is InChI=1S/C14H23N3O2/c1-9(2)8-11(15)13(18)17-12-6-5-7-16-14(12)19-10(3)4/h5-7,9-11H,8,15H2,1-4H3,(H,17,18)/t11-/m1/s1. The minimum absolute atomic E-state index is 0.00473. The van der Waals surface area contributed by atoms with Crippen molar-refractivity contribution in [3.63, 3.8) is 0 Å². The molecule has 0 aromatic carbocycles. The van der Waals surface area contributed by atoms with Crippen molar-refractivity contribution in [2.75, 3.05) is 5.32 Å². The largest absolute Gasteiger partial charge is 0.473 e. The molecule has 0 aliphatic heterocycles. The molecule has 0 saturated carbocycles. The number of anilines is 1. The molecular weight excluding hydrogens is 242 g/mol. The third kappa shape index (κ3) is 5.26. The van der Waals surface area contributed by atoms with Crippen molar-refractivity contribution >= 4 is 11.6 Å². The molecule has 19 heavy (non-hydrogen) atoms. The van der Waals surface area contributed by atoms with E-state index in [2.05, 4.69) is 10.3 Å². The van der Waals surface area contributed by atoms with Gasteiger partial charge in [0.05, 0.1) is 12.1 Å². The van der Waals surface area contributed by atoms with Crippen LogP contribution in [0.5, 0.6) is 5.88 Å². The number of pyridine rings is 1. The van der Waals surface area contributed by atoms with Gasteiger partial charge in [-0.25, -0.2) is 4.98 Å². The van der Waals surface area contributed by atoms with Crippen LogP contribution in [-0.2, 0) is 4.79 Å². The summed E-state index contributed by atoms with van der Waals surface area (Å²) < 4.78 is 5.54. The van der Waals surface area contributed by atoms with Gasteiger partial charge in [0.1, 0.15) is 5.69 Å². The third-order valence-corrected chi connectivity index (χ3v) is 2.44. The Hall–Kier alpha value is -1.62. The smallest absolute Gasteiger partial charge is 0.241 e. The topological polar surface area (TPSA) is 77.2 Å². The maximum absolute atomic E-state index is 12.0. The molecule has 1 aromatic heterocycles. The Bertz CT molecular complexity index is 419. The number of carbonyl (C=O) groups excluding carboxylic acids is 1. The summed E-state index contributed by atoms with van der Waals surface area (Å²) in [5.41, 5.74) is 6.40. The lowest BCUT2D eigenvalue weighted by molar-refractivity contribution is -0.117. The average Bonchev–Trinajstić information content (AvgIpc) is 2.30. The quantitative estimate of drug-likeness (QED) is 0.826. The van der Waals surface area contributed by atoms with Gasteiger partial charge >= 0.3 is 0 Å². The second-order valence-electron chi connectivity index (χ2n) is 5.25. The van der Waals surface area contributed by atoms with Crippen LogP contribution in [0.25, 0.3) is 0 Å². The highest BCUT2D eigenvalue weighted by Crippen LogP contribution is 2.22. The van der Waals surface area contributed by atoms with Crippen molar-refractivity contribution in [1.29, 1.82) is 0 Å². The van der Waals surface area contributed by atoms with E-state index in [-0.39, 0.29) is 12.0 Å². The third-order valence-electron chi connectivity index (χ3n) is 2.44. The molecule has 3 N–H and O–H groups in total. The monoisotopic (exact) mass is 265 g/mol. The van der Waals surface area contributed by atoms with Crippen LogP contribution in [-0.4, -0.2) is 23.0 Å². The maximum atomic E-state index is 12.0. The Balaban J connectivity index is 2.73. The van der Waals surface area contributed by atoms with E-state index < -0.39 is 6.04 Å². The first-order valence-electron chi connectivity index (χ1n) is 6.58. The fourth-order valence-electron chi connectivity index (χ4n) is 1.64. The number of ether oxygens (including phenoxy) is 1. The zero-order valence-electron chi connectivity index (χ0n) is 12.0. The minimum atomic E-state index is -0.521. The molecule has 0 aliphatic carbocycles. The molecule has 0 fully saturated rings. The van der Waals surface area contributed by atoms with Crippen LogP contribution >= 0.6 is 0 Å². The summed E-state index contributed by atoms with van der Waals surface area (Å²) >= 11 is 0. The van der Waals surface area contributed by atoms with Crippen LogP contribution in [0.1, 0.15) is 34.1 Å². The number of aromatic nitrogens is 1. The first kappa shape index (κ1) is 15.4. The van der Waals surface area contributed by atoms with Crippen LogP contribution in [0.4, 0.5) is 5.69 Å². The molecule has 5 heteroatoms. The SMILES string of the molecule is CC(C)C[C@@H](N)C(=O)Nc1cccnc1OC(C)C. The number of hydrogen-bond donors (Lipinski definition) is 2. The van der Waals surface area contributed by atoms with E-state index in [1.807, 2.05) is 27.7 Å². The second kappa shape index (κ2) is 7.09. The van der Waals surface area contributed by atoms with Crippen molar-refractivity contribution in [3.05, 3.63) is 18.3 Å². The lowest BCUT2D eigenvalue weighted by Gasteiger charge is -2.16. The zero-order chi connectivity index (χ0) is 14.4. The first-order valence-corrected chi connectivity index (χ1v) is 6.58. The van der Waals surface area contributed by atoms with Crippen molar-refractivity contribution in [3.8, 4) is 5.88 Å². The fraction of sp³-hybridized carbons (Fsp3) is 0.571. The van der Waals surface area contributed by atoms with Crippen molar-refractivity contribution in [2.45, 2.75) is 46.3 Å². The summed E-state index contributed by atoms with van der Waals surface area (Å²) in [7, 11) is 0. The number of nitrogens with zero attached hydrogens (tertiary/aromatic N) is 1. The molecule has 5 nitrogen and oxygen atoms in total. The van der Waals surface area contributed by atoms with Gasteiger partial charge in [-0.3, -0.25) is 4.79 Å². The average molecular weight is 265 g/mol. The lowest BCUT2D eigenvalue weighted by atomic mass is 10.0. The second-order valence-corrected chi connectivity index (χ2v) is 5.25. The van der Waals surface area contributed by atoms with Gasteiger partial charge in [-0.05, 0) is 38.3 Å². The van der Waals surface area contributed by atoms with Gasteiger partial charge in [-0.1, -0.05) is 13.8 Å². The molecule has 1 heterocycles. The molecule has 0 spiro atoms. The lowest BCUT2D eigenvalue weighted by Crippen LogP contribution is -2.36. The number of carbonyl (C=O) groups is 1. The van der Waals surface area contributed by atoms with Gasteiger partial charge in [0.2, 0.25) is 11.8 Å². The molecule has 0 radical (unpaired) electrons. The van der Waals surface area contributed by atoms with E-state index in [1.54, 1.807) is 18.3 Å². The molecule has 1 aromatic rings. The summed E-state index contributed by atoms with van der Waals surface area (Å²) in [5.74, 6) is 0.582. The highest BCUT2D eigenvalue weighted by atomic mass is 16.5. The maximum Gasteiger partial charge on any atom is 0.241 e. The fourth-order valence-corrected chi connectivity index (χ4v) is 1.64. The van der Waals surface area contributed by atoms with Crippen LogP contribution in [0.3, 0.4) is 0 Å². The van der Waals surface area contributed by atoms with Crippen LogP contribution in [0.2, 0.25) is 0 Å². The normalized spacial score (nSPS) is 12.6. The van der Waals surface area contributed by atoms with E-state index in [1.165, 1.54) is 0 Å². The van der Waals surface area contributed by atoms with Crippen LogP contribution in [0, 0.1) is 5.92 Å². The Morgan fingerprint density at radius 3 is 2.68 bits per heavy atom. The molecule has 0 saturated heterocycles. The van der Waals surface area contributed by atoms with E-state index >= 15 is 0 Å². The Morgan fingerprint density at radius 2 is 2.11 bits per heavy atom. The van der Waals surface area contributed by atoms with E-state index in [9.17, 15) is 4.79 Å². The molecular formula is C14H23N3O2. The molecule has 106 valence electrons. The Morgan fingerprint density at radius 1 is 1.42 bits per heavy atom. The highest BCUT2D eigenvalue weighted by molar-refractivity contribution is 5.95. The van der Waals surface area contributed by atoms with Gasteiger partial charge in [0.15, 0.2) is 0 Å². The summed E-state index contributed by atoms with van der Waals surface area (Å²) in [6.45, 7) is 7.88. The van der Waals surface area contributed by atoms with Crippen molar-refractivity contribution in [1.82, 2.24) is 4.98 Å². The van der Waals surface area contributed by atoms with Crippen molar-refractivity contribution < 1.29 is 9.53 Å².